The predicted molar refractivity (Wildman–Crippen MR) is 80.7 cm³/mol. The summed E-state index contributed by atoms with van der Waals surface area (Å²) in [6, 6.07) is 4.44. The summed E-state index contributed by atoms with van der Waals surface area (Å²) in [4.78, 5) is 25.2. The van der Waals surface area contributed by atoms with E-state index >= 15 is 0 Å². The van der Waals surface area contributed by atoms with Gasteiger partial charge in [-0.05, 0) is 38.5 Å². The highest BCUT2D eigenvalue weighted by molar-refractivity contribution is 5.85. The molecule has 1 aromatic carbocycles. The molecular formula is C16H21F3N2O2. The smallest absolute Gasteiger partial charge is 0.352 e. The first-order valence-corrected chi connectivity index (χ1v) is 7.36. The summed E-state index contributed by atoms with van der Waals surface area (Å²) in [6.45, 7) is 5.67. The number of carbonyl (C=O) groups is 2. The van der Waals surface area contributed by atoms with E-state index in [4.69, 9.17) is 0 Å². The van der Waals surface area contributed by atoms with E-state index in [0.29, 0.717) is 12.1 Å². The maximum absolute atomic E-state index is 12.5. The molecule has 0 heterocycles. The molecule has 0 aliphatic heterocycles. The van der Waals surface area contributed by atoms with Gasteiger partial charge in [-0.3, -0.25) is 9.59 Å². The first-order valence-electron chi connectivity index (χ1n) is 7.36. The topological polar surface area (TPSA) is 49.4 Å². The molecule has 0 atom stereocenters. The van der Waals surface area contributed by atoms with Crippen LogP contribution in [0.1, 0.15) is 31.9 Å². The SMILES string of the molecule is CCN(CC(=O)NC(C)C)C(=O)Cc1ccc(C(F)(F)F)cc1. The maximum atomic E-state index is 12.5. The van der Waals surface area contributed by atoms with Crippen LogP contribution in [0, 0.1) is 0 Å². The third-order valence-electron chi connectivity index (χ3n) is 3.16. The summed E-state index contributed by atoms with van der Waals surface area (Å²) in [7, 11) is 0. The minimum absolute atomic E-state index is 0.0220. The van der Waals surface area contributed by atoms with Gasteiger partial charge in [-0.2, -0.15) is 13.2 Å². The Kier molecular flexibility index (Phi) is 6.60. The fourth-order valence-corrected chi connectivity index (χ4v) is 2.02. The summed E-state index contributed by atoms with van der Waals surface area (Å²) in [6.07, 6.45) is -4.44. The van der Waals surface area contributed by atoms with Crippen LogP contribution in [0.4, 0.5) is 13.2 Å². The molecule has 0 aliphatic carbocycles. The lowest BCUT2D eigenvalue weighted by Crippen LogP contribution is -2.43. The van der Waals surface area contributed by atoms with Crippen molar-refractivity contribution in [2.75, 3.05) is 13.1 Å². The van der Waals surface area contributed by atoms with Gasteiger partial charge in [0, 0.05) is 12.6 Å². The highest BCUT2D eigenvalue weighted by atomic mass is 19.4. The van der Waals surface area contributed by atoms with Gasteiger partial charge < -0.3 is 10.2 Å². The second-order valence-electron chi connectivity index (χ2n) is 5.50. The van der Waals surface area contributed by atoms with Crippen LogP contribution in [0.25, 0.3) is 0 Å². The summed E-state index contributed by atoms with van der Waals surface area (Å²) in [5.41, 5.74) is -0.275. The molecule has 0 aromatic heterocycles. The van der Waals surface area contributed by atoms with Crippen LogP contribution in [0.3, 0.4) is 0 Å². The number of alkyl halides is 3. The largest absolute Gasteiger partial charge is 0.416 e. The van der Waals surface area contributed by atoms with Gasteiger partial charge in [0.05, 0.1) is 18.5 Å². The van der Waals surface area contributed by atoms with Gasteiger partial charge in [-0.1, -0.05) is 12.1 Å². The minimum atomic E-state index is -4.40. The van der Waals surface area contributed by atoms with E-state index in [-0.39, 0.29) is 30.8 Å². The first kappa shape index (κ1) is 19.0. The molecule has 0 bridgehead atoms. The molecule has 4 nitrogen and oxygen atoms in total. The summed E-state index contributed by atoms with van der Waals surface area (Å²) >= 11 is 0. The monoisotopic (exact) mass is 330 g/mol. The summed E-state index contributed by atoms with van der Waals surface area (Å²) in [5, 5.41) is 2.69. The number of rotatable bonds is 6. The molecule has 0 spiro atoms. The van der Waals surface area contributed by atoms with E-state index in [9.17, 15) is 22.8 Å². The first-order chi connectivity index (χ1) is 10.6. The van der Waals surface area contributed by atoms with E-state index in [1.807, 2.05) is 13.8 Å². The van der Waals surface area contributed by atoms with E-state index < -0.39 is 11.7 Å². The van der Waals surface area contributed by atoms with Crippen molar-refractivity contribution in [1.29, 1.82) is 0 Å². The van der Waals surface area contributed by atoms with Gasteiger partial charge >= 0.3 is 6.18 Å². The average Bonchev–Trinajstić information content (AvgIpc) is 2.43. The molecule has 23 heavy (non-hydrogen) atoms. The fraction of sp³-hybridized carbons (Fsp3) is 0.500. The lowest BCUT2D eigenvalue weighted by molar-refractivity contribution is -0.137. The maximum Gasteiger partial charge on any atom is 0.416 e. The average molecular weight is 330 g/mol. The lowest BCUT2D eigenvalue weighted by atomic mass is 10.1. The van der Waals surface area contributed by atoms with Crippen molar-refractivity contribution in [2.24, 2.45) is 0 Å². The van der Waals surface area contributed by atoms with Gasteiger partial charge in [0.15, 0.2) is 0 Å². The Morgan fingerprint density at radius 2 is 1.74 bits per heavy atom. The van der Waals surface area contributed by atoms with Crippen LogP contribution < -0.4 is 5.32 Å². The standard InChI is InChI=1S/C16H21F3N2O2/c1-4-21(10-14(22)20-11(2)3)15(23)9-12-5-7-13(8-6-12)16(17,18)19/h5-8,11H,4,9-10H2,1-3H3,(H,20,22). The Labute approximate surface area is 133 Å². The van der Waals surface area contributed by atoms with Gasteiger partial charge in [-0.25, -0.2) is 0 Å². The van der Waals surface area contributed by atoms with Gasteiger partial charge in [0.1, 0.15) is 0 Å². The van der Waals surface area contributed by atoms with Gasteiger partial charge in [0.2, 0.25) is 11.8 Å². The Bertz CT molecular complexity index is 539. The van der Waals surface area contributed by atoms with E-state index in [0.717, 1.165) is 12.1 Å². The van der Waals surface area contributed by atoms with Crippen molar-refractivity contribution in [3.05, 3.63) is 35.4 Å². The van der Waals surface area contributed by atoms with Crippen LogP contribution in [-0.4, -0.2) is 35.8 Å². The molecule has 1 rings (SSSR count). The van der Waals surface area contributed by atoms with Crippen LogP contribution in [0.5, 0.6) is 0 Å². The Morgan fingerprint density at radius 3 is 2.17 bits per heavy atom. The lowest BCUT2D eigenvalue weighted by Gasteiger charge is -2.21. The molecule has 0 fully saturated rings. The number of nitrogens with zero attached hydrogens (tertiary/aromatic N) is 1. The Balaban J connectivity index is 2.67. The zero-order valence-electron chi connectivity index (χ0n) is 13.4. The molecule has 0 saturated heterocycles. The summed E-state index contributed by atoms with van der Waals surface area (Å²) < 4.78 is 37.5. The van der Waals surface area contributed by atoms with E-state index in [1.165, 1.54) is 17.0 Å². The highest BCUT2D eigenvalue weighted by Gasteiger charge is 2.30. The van der Waals surface area contributed by atoms with Crippen LogP contribution in [-0.2, 0) is 22.2 Å². The van der Waals surface area contributed by atoms with E-state index in [1.54, 1.807) is 6.92 Å². The molecule has 7 heteroatoms. The normalized spacial score (nSPS) is 11.4. The van der Waals surface area contributed by atoms with Crippen molar-refractivity contribution >= 4 is 11.8 Å². The van der Waals surface area contributed by atoms with Crippen LogP contribution in [0.2, 0.25) is 0 Å². The summed E-state index contributed by atoms with van der Waals surface area (Å²) in [5.74, 6) is -0.561. The quantitative estimate of drug-likeness (QED) is 0.872. The van der Waals surface area contributed by atoms with Crippen LogP contribution in [0.15, 0.2) is 24.3 Å². The molecule has 0 saturated carbocycles. The molecule has 1 aromatic rings. The van der Waals surface area contributed by atoms with Crippen molar-refractivity contribution in [2.45, 2.75) is 39.4 Å². The Morgan fingerprint density at radius 1 is 1.17 bits per heavy atom. The molecule has 2 amide bonds. The molecule has 0 radical (unpaired) electrons. The second-order valence-corrected chi connectivity index (χ2v) is 5.50. The van der Waals surface area contributed by atoms with Crippen molar-refractivity contribution in [3.8, 4) is 0 Å². The number of amides is 2. The number of benzene rings is 1. The molecule has 128 valence electrons. The number of halogens is 3. The molecule has 0 aliphatic rings. The van der Waals surface area contributed by atoms with Crippen molar-refractivity contribution in [3.63, 3.8) is 0 Å². The third-order valence-corrected chi connectivity index (χ3v) is 3.16. The van der Waals surface area contributed by atoms with Crippen molar-refractivity contribution < 1.29 is 22.8 Å². The number of carbonyl (C=O) groups excluding carboxylic acids is 2. The third kappa shape index (κ3) is 6.30. The zero-order chi connectivity index (χ0) is 17.6. The van der Waals surface area contributed by atoms with Crippen molar-refractivity contribution in [1.82, 2.24) is 10.2 Å². The fourth-order valence-electron chi connectivity index (χ4n) is 2.02. The highest BCUT2D eigenvalue weighted by Crippen LogP contribution is 2.29. The van der Waals surface area contributed by atoms with E-state index in [2.05, 4.69) is 5.32 Å². The molecule has 1 N–H and O–H groups in total. The second kappa shape index (κ2) is 7.99. The van der Waals surface area contributed by atoms with Crippen LogP contribution >= 0.6 is 0 Å². The number of nitrogens with one attached hydrogen (secondary N) is 1. The Hall–Kier alpha value is -2.05. The number of hydrogen-bond donors (Lipinski definition) is 1. The molecule has 0 unspecified atom stereocenters. The van der Waals surface area contributed by atoms with Gasteiger partial charge in [-0.15, -0.1) is 0 Å². The number of likely N-dealkylation sites (N-methyl/N-ethyl adjacent to an activating group) is 1. The number of hydrogen-bond acceptors (Lipinski definition) is 2. The predicted octanol–water partition coefficient (Wildman–Crippen LogP) is 2.62. The zero-order valence-corrected chi connectivity index (χ0v) is 13.4. The van der Waals surface area contributed by atoms with Gasteiger partial charge in [0.25, 0.3) is 0 Å². The molecular weight excluding hydrogens is 309 g/mol. The minimum Gasteiger partial charge on any atom is -0.352 e.